The van der Waals surface area contributed by atoms with Crippen molar-refractivity contribution in [2.24, 2.45) is 0 Å². The third-order valence-corrected chi connectivity index (χ3v) is 6.53. The summed E-state index contributed by atoms with van der Waals surface area (Å²) in [5.74, 6) is 0. The lowest BCUT2D eigenvalue weighted by atomic mass is 9.44. The van der Waals surface area contributed by atoms with Crippen molar-refractivity contribution in [2.45, 2.75) is 27.7 Å². The highest BCUT2D eigenvalue weighted by Gasteiger charge is 2.36. The van der Waals surface area contributed by atoms with E-state index >= 15 is 0 Å². The van der Waals surface area contributed by atoms with Gasteiger partial charge in [-0.1, -0.05) is 70.8 Å². The van der Waals surface area contributed by atoms with Crippen molar-refractivity contribution >= 4 is 23.5 Å². The lowest BCUT2D eigenvalue weighted by Gasteiger charge is -2.37. The minimum Gasteiger partial charge on any atom is -0.409 e. The summed E-state index contributed by atoms with van der Waals surface area (Å²) in [4.78, 5) is 7.32. The van der Waals surface area contributed by atoms with Crippen LogP contribution in [-0.2, 0) is 0 Å². The Balaban J connectivity index is 1.80. The second kappa shape index (κ2) is 7.42. The van der Waals surface area contributed by atoms with Gasteiger partial charge in [-0.3, -0.25) is 4.98 Å². The molecule has 0 N–H and O–H groups in total. The van der Waals surface area contributed by atoms with E-state index in [9.17, 15) is 0 Å². The fourth-order valence-corrected chi connectivity index (χ4v) is 5.26. The van der Waals surface area contributed by atoms with Gasteiger partial charge in [-0.2, -0.15) is 0 Å². The molecular weight excluding hydrogens is 375 g/mol. The molecular formula is C28H27BN2. The minimum atomic E-state index is 0.180. The topological polar surface area (TPSA) is 16.1 Å². The average Bonchev–Trinajstić information content (AvgIpc) is 2.74. The van der Waals surface area contributed by atoms with Gasteiger partial charge in [0.15, 0.2) is 0 Å². The van der Waals surface area contributed by atoms with Crippen LogP contribution in [0, 0.1) is 27.7 Å². The van der Waals surface area contributed by atoms with Crippen LogP contribution in [0.4, 0.5) is 5.69 Å². The van der Waals surface area contributed by atoms with Crippen LogP contribution in [0.2, 0.25) is 0 Å². The first-order valence-corrected chi connectivity index (χ1v) is 10.9. The van der Waals surface area contributed by atoms with E-state index in [0.717, 1.165) is 5.69 Å². The molecule has 0 radical (unpaired) electrons. The van der Waals surface area contributed by atoms with Gasteiger partial charge < -0.3 is 4.81 Å². The summed E-state index contributed by atoms with van der Waals surface area (Å²) in [6.45, 7) is 8.94. The van der Waals surface area contributed by atoms with Crippen molar-refractivity contribution in [3.63, 3.8) is 0 Å². The SMILES string of the molecule is Cc1cc(C)cc(-c2nccc3c2-c2ccccc2B(c2c(C)cccc2C)N3C)c1. The number of hydrogen-bond donors (Lipinski definition) is 0. The summed E-state index contributed by atoms with van der Waals surface area (Å²) >= 11 is 0. The van der Waals surface area contributed by atoms with E-state index in [2.05, 4.69) is 106 Å². The molecule has 31 heavy (non-hydrogen) atoms. The number of anilines is 1. The quantitative estimate of drug-likeness (QED) is 0.428. The molecule has 5 rings (SSSR count). The van der Waals surface area contributed by atoms with Gasteiger partial charge in [-0.15, -0.1) is 0 Å². The van der Waals surface area contributed by atoms with Crippen molar-refractivity contribution in [3.8, 4) is 22.4 Å². The van der Waals surface area contributed by atoms with Crippen LogP contribution >= 0.6 is 0 Å². The number of fused-ring (bicyclic) bond motifs is 3. The Hall–Kier alpha value is -3.33. The summed E-state index contributed by atoms with van der Waals surface area (Å²) in [6.07, 6.45) is 1.96. The molecule has 0 bridgehead atoms. The van der Waals surface area contributed by atoms with Gasteiger partial charge in [0, 0.05) is 23.0 Å². The van der Waals surface area contributed by atoms with Crippen LogP contribution in [0.3, 0.4) is 0 Å². The molecule has 4 aromatic rings. The number of rotatable bonds is 2. The number of nitrogens with zero attached hydrogens (tertiary/aromatic N) is 2. The molecule has 3 heteroatoms. The van der Waals surface area contributed by atoms with Gasteiger partial charge in [0.05, 0.1) is 5.69 Å². The molecule has 2 nitrogen and oxygen atoms in total. The van der Waals surface area contributed by atoms with Crippen molar-refractivity contribution in [2.75, 3.05) is 11.9 Å². The Bertz CT molecular complexity index is 1270. The second-order valence-corrected chi connectivity index (χ2v) is 8.84. The van der Waals surface area contributed by atoms with Crippen LogP contribution in [0.15, 0.2) is 72.9 Å². The number of aryl methyl sites for hydroxylation is 4. The number of hydrogen-bond acceptors (Lipinski definition) is 2. The van der Waals surface area contributed by atoms with E-state index in [1.54, 1.807) is 0 Å². The first-order chi connectivity index (χ1) is 15.0. The molecule has 3 aromatic carbocycles. The predicted molar refractivity (Wildman–Crippen MR) is 134 cm³/mol. The molecule has 0 amide bonds. The van der Waals surface area contributed by atoms with Crippen molar-refractivity contribution < 1.29 is 0 Å². The summed E-state index contributed by atoms with van der Waals surface area (Å²) in [5.41, 5.74) is 13.9. The Kier molecular flexibility index (Phi) is 4.70. The molecule has 1 aliphatic heterocycles. The number of benzene rings is 3. The average molecular weight is 402 g/mol. The van der Waals surface area contributed by atoms with E-state index in [1.165, 1.54) is 55.6 Å². The first-order valence-electron chi connectivity index (χ1n) is 10.9. The van der Waals surface area contributed by atoms with Gasteiger partial charge in [0.25, 0.3) is 0 Å². The maximum atomic E-state index is 4.88. The summed E-state index contributed by atoms with van der Waals surface area (Å²) in [5, 5.41) is 0. The Labute approximate surface area is 185 Å². The van der Waals surface area contributed by atoms with Gasteiger partial charge in [-0.05, 0) is 69.4 Å². The number of aromatic nitrogens is 1. The molecule has 0 spiro atoms. The van der Waals surface area contributed by atoms with Crippen molar-refractivity contribution in [1.82, 2.24) is 4.98 Å². The predicted octanol–water partition coefficient (Wildman–Crippen LogP) is 5.20. The zero-order valence-corrected chi connectivity index (χ0v) is 18.9. The molecule has 0 atom stereocenters. The van der Waals surface area contributed by atoms with Gasteiger partial charge >= 0.3 is 6.85 Å². The fourth-order valence-electron chi connectivity index (χ4n) is 5.26. The van der Waals surface area contributed by atoms with Crippen LogP contribution in [-0.4, -0.2) is 18.9 Å². The second-order valence-electron chi connectivity index (χ2n) is 8.84. The van der Waals surface area contributed by atoms with Crippen molar-refractivity contribution in [1.29, 1.82) is 0 Å². The van der Waals surface area contributed by atoms with Gasteiger partial charge in [-0.25, -0.2) is 0 Å². The zero-order valence-electron chi connectivity index (χ0n) is 18.9. The first kappa shape index (κ1) is 19.6. The highest BCUT2D eigenvalue weighted by molar-refractivity contribution is 6.90. The van der Waals surface area contributed by atoms with Crippen LogP contribution in [0.5, 0.6) is 0 Å². The Morgan fingerprint density at radius 3 is 2.16 bits per heavy atom. The molecule has 1 aromatic heterocycles. The lowest BCUT2D eigenvalue weighted by molar-refractivity contribution is 1.24. The molecule has 2 heterocycles. The van der Waals surface area contributed by atoms with Gasteiger partial charge in [0.2, 0.25) is 0 Å². The normalized spacial score (nSPS) is 12.5. The monoisotopic (exact) mass is 402 g/mol. The molecule has 0 saturated heterocycles. The standard InChI is InChI=1S/C28H27BN2/c1-18-15-19(2)17-22(16-18)28-26-23-11-6-7-12-24(23)29(31(5)25(26)13-14-30-28)27-20(3)9-8-10-21(27)4/h6-17H,1-5H3. The van der Waals surface area contributed by atoms with E-state index < -0.39 is 0 Å². The highest BCUT2D eigenvalue weighted by atomic mass is 15.0. The zero-order chi connectivity index (χ0) is 21.7. The minimum absolute atomic E-state index is 0.180. The molecule has 0 fully saturated rings. The van der Waals surface area contributed by atoms with E-state index in [4.69, 9.17) is 4.98 Å². The van der Waals surface area contributed by atoms with E-state index in [0.29, 0.717) is 0 Å². The maximum Gasteiger partial charge on any atom is 0.324 e. The maximum absolute atomic E-state index is 4.88. The summed E-state index contributed by atoms with van der Waals surface area (Å²) < 4.78 is 0. The molecule has 0 saturated carbocycles. The third-order valence-electron chi connectivity index (χ3n) is 6.53. The Morgan fingerprint density at radius 2 is 1.45 bits per heavy atom. The van der Waals surface area contributed by atoms with Crippen LogP contribution in [0.1, 0.15) is 22.3 Å². The summed E-state index contributed by atoms with van der Waals surface area (Å²) in [7, 11) is 2.22. The highest BCUT2D eigenvalue weighted by Crippen LogP contribution is 2.40. The van der Waals surface area contributed by atoms with Crippen molar-refractivity contribution in [3.05, 3.63) is 95.2 Å². The molecule has 1 aliphatic rings. The van der Waals surface area contributed by atoms with Gasteiger partial charge in [0.1, 0.15) is 0 Å². The fraction of sp³-hybridized carbons (Fsp3) is 0.179. The summed E-state index contributed by atoms with van der Waals surface area (Å²) in [6, 6.07) is 24.3. The van der Waals surface area contributed by atoms with E-state index in [-0.39, 0.29) is 6.85 Å². The molecule has 152 valence electrons. The largest absolute Gasteiger partial charge is 0.409 e. The molecule has 0 unspecified atom stereocenters. The Morgan fingerprint density at radius 1 is 0.774 bits per heavy atom. The van der Waals surface area contributed by atoms with Crippen LogP contribution < -0.4 is 15.7 Å². The molecule has 0 aliphatic carbocycles. The van der Waals surface area contributed by atoms with Crippen LogP contribution in [0.25, 0.3) is 22.4 Å². The van der Waals surface area contributed by atoms with E-state index in [1.807, 2.05) is 6.20 Å². The lowest BCUT2D eigenvalue weighted by Crippen LogP contribution is -2.59. The number of pyridine rings is 1. The smallest absolute Gasteiger partial charge is 0.324 e. The third kappa shape index (κ3) is 3.16.